The van der Waals surface area contributed by atoms with Crippen molar-refractivity contribution < 1.29 is 19.1 Å². The van der Waals surface area contributed by atoms with E-state index >= 15 is 0 Å². The van der Waals surface area contributed by atoms with Crippen LogP contribution in [-0.2, 0) is 9.53 Å². The minimum atomic E-state index is -0.356. The van der Waals surface area contributed by atoms with E-state index in [1.54, 1.807) is 24.3 Å². The predicted molar refractivity (Wildman–Crippen MR) is 72.2 cm³/mol. The number of rotatable bonds is 7. The first-order chi connectivity index (χ1) is 9.17. The van der Waals surface area contributed by atoms with Gasteiger partial charge in [-0.15, -0.1) is 0 Å². The lowest BCUT2D eigenvalue weighted by Gasteiger charge is -2.05. The third-order valence-electron chi connectivity index (χ3n) is 2.49. The van der Waals surface area contributed by atoms with E-state index in [2.05, 4.69) is 0 Å². The van der Waals surface area contributed by atoms with Gasteiger partial charge in [0.2, 0.25) is 0 Å². The SMILES string of the molecule is CCCCC(=O)Oc1ccc(C(=O)OCCC)cc1. The molecule has 4 heteroatoms. The van der Waals surface area contributed by atoms with Gasteiger partial charge >= 0.3 is 11.9 Å². The monoisotopic (exact) mass is 264 g/mol. The molecule has 1 rings (SSSR count). The van der Waals surface area contributed by atoms with Crippen molar-refractivity contribution in [2.45, 2.75) is 39.5 Å². The molecular weight excluding hydrogens is 244 g/mol. The second kappa shape index (κ2) is 8.29. The first-order valence-corrected chi connectivity index (χ1v) is 6.65. The zero-order valence-electron chi connectivity index (χ0n) is 11.5. The van der Waals surface area contributed by atoms with E-state index in [1.807, 2.05) is 13.8 Å². The van der Waals surface area contributed by atoms with Crippen LogP contribution in [-0.4, -0.2) is 18.5 Å². The highest BCUT2D eigenvalue weighted by Crippen LogP contribution is 2.14. The lowest BCUT2D eigenvalue weighted by molar-refractivity contribution is -0.134. The maximum atomic E-state index is 11.5. The van der Waals surface area contributed by atoms with Crippen molar-refractivity contribution in [3.05, 3.63) is 29.8 Å². The molecule has 19 heavy (non-hydrogen) atoms. The first kappa shape index (κ1) is 15.2. The summed E-state index contributed by atoms with van der Waals surface area (Å²) in [5.41, 5.74) is 0.460. The van der Waals surface area contributed by atoms with Crippen molar-refractivity contribution >= 4 is 11.9 Å². The molecule has 0 fully saturated rings. The Bertz CT molecular complexity index is 409. The fourth-order valence-corrected chi connectivity index (χ4v) is 1.44. The van der Waals surface area contributed by atoms with Gasteiger partial charge in [0.1, 0.15) is 5.75 Å². The summed E-state index contributed by atoms with van der Waals surface area (Å²) in [7, 11) is 0. The van der Waals surface area contributed by atoms with E-state index < -0.39 is 0 Å². The molecule has 0 aliphatic rings. The highest BCUT2D eigenvalue weighted by molar-refractivity contribution is 5.89. The maximum absolute atomic E-state index is 11.5. The van der Waals surface area contributed by atoms with Gasteiger partial charge in [-0.1, -0.05) is 20.3 Å². The Morgan fingerprint density at radius 1 is 1.05 bits per heavy atom. The molecule has 0 unspecified atom stereocenters. The van der Waals surface area contributed by atoms with Crippen LogP contribution in [0, 0.1) is 0 Å². The standard InChI is InChI=1S/C15H20O4/c1-3-5-6-14(16)19-13-9-7-12(8-10-13)15(17)18-11-4-2/h7-10H,3-6,11H2,1-2H3. The average molecular weight is 264 g/mol. The number of benzene rings is 1. The molecule has 0 N–H and O–H groups in total. The highest BCUT2D eigenvalue weighted by Gasteiger charge is 2.08. The molecule has 0 saturated carbocycles. The molecule has 104 valence electrons. The summed E-state index contributed by atoms with van der Waals surface area (Å²) in [6.07, 6.45) is 2.98. The van der Waals surface area contributed by atoms with E-state index in [1.165, 1.54) is 0 Å². The van der Waals surface area contributed by atoms with Crippen molar-refractivity contribution in [3.8, 4) is 5.75 Å². The predicted octanol–water partition coefficient (Wildman–Crippen LogP) is 3.35. The Balaban J connectivity index is 2.51. The van der Waals surface area contributed by atoms with Crippen molar-refractivity contribution in [3.63, 3.8) is 0 Å². The zero-order valence-corrected chi connectivity index (χ0v) is 11.5. The maximum Gasteiger partial charge on any atom is 0.338 e. The minimum absolute atomic E-state index is 0.247. The summed E-state index contributed by atoms with van der Waals surface area (Å²) < 4.78 is 10.1. The molecule has 0 saturated heterocycles. The van der Waals surface area contributed by atoms with Crippen molar-refractivity contribution in [1.82, 2.24) is 0 Å². The first-order valence-electron chi connectivity index (χ1n) is 6.65. The molecule has 0 atom stereocenters. The Kier molecular flexibility index (Phi) is 6.64. The fourth-order valence-electron chi connectivity index (χ4n) is 1.44. The van der Waals surface area contributed by atoms with Crippen molar-refractivity contribution in [2.24, 2.45) is 0 Å². The number of unbranched alkanes of at least 4 members (excludes halogenated alkanes) is 1. The van der Waals surface area contributed by atoms with E-state index in [4.69, 9.17) is 9.47 Å². The zero-order chi connectivity index (χ0) is 14.1. The Labute approximate surface area is 113 Å². The van der Waals surface area contributed by atoms with E-state index in [0.717, 1.165) is 19.3 Å². The molecule has 0 amide bonds. The minimum Gasteiger partial charge on any atom is -0.462 e. The Morgan fingerprint density at radius 3 is 2.32 bits per heavy atom. The van der Waals surface area contributed by atoms with Gasteiger partial charge in [-0.3, -0.25) is 4.79 Å². The number of carbonyl (C=O) groups excluding carboxylic acids is 2. The van der Waals surface area contributed by atoms with Gasteiger partial charge in [0.05, 0.1) is 12.2 Å². The van der Waals surface area contributed by atoms with Gasteiger partial charge in [-0.05, 0) is 37.1 Å². The van der Waals surface area contributed by atoms with Crippen LogP contribution in [0.1, 0.15) is 49.9 Å². The van der Waals surface area contributed by atoms with Crippen molar-refractivity contribution in [1.29, 1.82) is 0 Å². The largest absolute Gasteiger partial charge is 0.462 e. The highest BCUT2D eigenvalue weighted by atomic mass is 16.5. The van der Waals surface area contributed by atoms with Gasteiger partial charge in [-0.25, -0.2) is 4.79 Å². The van der Waals surface area contributed by atoms with Gasteiger partial charge in [0.15, 0.2) is 0 Å². The lowest BCUT2D eigenvalue weighted by Crippen LogP contribution is -2.08. The number of ether oxygens (including phenoxy) is 2. The van der Waals surface area contributed by atoms with Crippen molar-refractivity contribution in [2.75, 3.05) is 6.61 Å². The molecule has 0 spiro atoms. The summed E-state index contributed by atoms with van der Waals surface area (Å²) in [4.78, 5) is 23.0. The number of hydrogen-bond acceptors (Lipinski definition) is 4. The topological polar surface area (TPSA) is 52.6 Å². The molecule has 0 bridgehead atoms. The molecule has 0 radical (unpaired) electrons. The van der Waals surface area contributed by atoms with E-state index in [0.29, 0.717) is 24.3 Å². The van der Waals surface area contributed by atoms with Crippen LogP contribution in [0.15, 0.2) is 24.3 Å². The van der Waals surface area contributed by atoms with Crippen LogP contribution >= 0.6 is 0 Å². The summed E-state index contributed by atoms with van der Waals surface area (Å²) in [5.74, 6) is -0.151. The molecule has 0 aliphatic heterocycles. The Morgan fingerprint density at radius 2 is 1.74 bits per heavy atom. The number of hydrogen-bond donors (Lipinski definition) is 0. The molecule has 1 aromatic rings. The van der Waals surface area contributed by atoms with E-state index in [-0.39, 0.29) is 11.9 Å². The fraction of sp³-hybridized carbons (Fsp3) is 0.467. The third kappa shape index (κ3) is 5.55. The van der Waals surface area contributed by atoms with Crippen LogP contribution in [0.3, 0.4) is 0 Å². The van der Waals surface area contributed by atoms with E-state index in [9.17, 15) is 9.59 Å². The summed E-state index contributed by atoms with van der Waals surface area (Å²) in [6.45, 7) is 4.36. The summed E-state index contributed by atoms with van der Waals surface area (Å²) in [5, 5.41) is 0. The normalized spacial score (nSPS) is 10.0. The van der Waals surface area contributed by atoms with Crippen LogP contribution in [0.2, 0.25) is 0 Å². The van der Waals surface area contributed by atoms with Gasteiger partial charge in [0, 0.05) is 6.42 Å². The number of carbonyl (C=O) groups is 2. The smallest absolute Gasteiger partial charge is 0.338 e. The van der Waals surface area contributed by atoms with Crippen LogP contribution < -0.4 is 4.74 Å². The van der Waals surface area contributed by atoms with Gasteiger partial charge in [0.25, 0.3) is 0 Å². The summed E-state index contributed by atoms with van der Waals surface area (Å²) in [6, 6.07) is 6.40. The number of esters is 2. The lowest BCUT2D eigenvalue weighted by atomic mass is 10.2. The third-order valence-corrected chi connectivity index (χ3v) is 2.49. The molecule has 0 heterocycles. The summed E-state index contributed by atoms with van der Waals surface area (Å²) >= 11 is 0. The van der Waals surface area contributed by atoms with Gasteiger partial charge in [-0.2, -0.15) is 0 Å². The van der Waals surface area contributed by atoms with Crippen LogP contribution in [0.25, 0.3) is 0 Å². The molecule has 0 aromatic heterocycles. The molecular formula is C15H20O4. The Hall–Kier alpha value is -1.84. The average Bonchev–Trinajstić information content (AvgIpc) is 2.43. The van der Waals surface area contributed by atoms with Crippen LogP contribution in [0.4, 0.5) is 0 Å². The molecule has 1 aromatic carbocycles. The quantitative estimate of drug-likeness (QED) is 0.560. The van der Waals surface area contributed by atoms with Gasteiger partial charge < -0.3 is 9.47 Å². The second-order valence-corrected chi connectivity index (χ2v) is 4.24. The molecule has 4 nitrogen and oxygen atoms in total. The second-order valence-electron chi connectivity index (χ2n) is 4.24. The molecule has 0 aliphatic carbocycles. The van der Waals surface area contributed by atoms with Crippen LogP contribution in [0.5, 0.6) is 5.75 Å².